The van der Waals surface area contributed by atoms with Gasteiger partial charge in [-0.05, 0) is 43.4 Å². The third kappa shape index (κ3) is 5.10. The Morgan fingerprint density at radius 1 is 1.16 bits per heavy atom. The van der Waals surface area contributed by atoms with Crippen molar-refractivity contribution < 1.29 is 9.53 Å². The molecule has 6 nitrogen and oxygen atoms in total. The first-order chi connectivity index (χ1) is 15.2. The number of amides is 1. The topological polar surface area (TPSA) is 69.0 Å². The van der Waals surface area contributed by atoms with Gasteiger partial charge in [-0.15, -0.1) is 10.2 Å². The Morgan fingerprint density at radius 2 is 1.94 bits per heavy atom. The summed E-state index contributed by atoms with van der Waals surface area (Å²) < 4.78 is 7.29. The highest BCUT2D eigenvalue weighted by molar-refractivity contribution is 7.99. The number of ether oxygens (including phenoxy) is 1. The van der Waals surface area contributed by atoms with Crippen LogP contribution in [0.5, 0.6) is 5.75 Å². The van der Waals surface area contributed by atoms with Gasteiger partial charge in [0.1, 0.15) is 11.6 Å². The van der Waals surface area contributed by atoms with Gasteiger partial charge in [-0.2, -0.15) is 0 Å². The van der Waals surface area contributed by atoms with Crippen LogP contribution >= 0.6 is 11.8 Å². The molecule has 4 rings (SSSR count). The van der Waals surface area contributed by atoms with Crippen molar-refractivity contribution in [2.45, 2.75) is 43.8 Å². The van der Waals surface area contributed by atoms with Crippen molar-refractivity contribution in [2.75, 3.05) is 12.9 Å². The fraction of sp³-hybridized carbons (Fsp3) is 0.375. The van der Waals surface area contributed by atoms with Crippen molar-refractivity contribution >= 4 is 17.7 Å². The van der Waals surface area contributed by atoms with Crippen LogP contribution in [0.1, 0.15) is 43.1 Å². The Bertz CT molecular complexity index is 1020. The van der Waals surface area contributed by atoms with Crippen molar-refractivity contribution in [2.24, 2.45) is 5.92 Å². The van der Waals surface area contributed by atoms with Crippen molar-refractivity contribution in [1.82, 2.24) is 20.1 Å². The van der Waals surface area contributed by atoms with E-state index in [1.807, 2.05) is 54.0 Å². The van der Waals surface area contributed by atoms with Crippen LogP contribution in [0.2, 0.25) is 0 Å². The van der Waals surface area contributed by atoms with Crippen molar-refractivity contribution in [3.05, 3.63) is 66.0 Å². The van der Waals surface area contributed by atoms with Gasteiger partial charge in [0.05, 0.1) is 24.6 Å². The highest BCUT2D eigenvalue weighted by Crippen LogP contribution is 2.36. The summed E-state index contributed by atoms with van der Waals surface area (Å²) in [7, 11) is 1.64. The predicted molar refractivity (Wildman–Crippen MR) is 123 cm³/mol. The number of rotatable bonds is 8. The molecule has 1 N–H and O–H groups in total. The summed E-state index contributed by atoms with van der Waals surface area (Å²) in [4.78, 5) is 12.9. The van der Waals surface area contributed by atoms with Crippen molar-refractivity contribution in [3.63, 3.8) is 0 Å². The van der Waals surface area contributed by atoms with E-state index >= 15 is 0 Å². The molecule has 2 aromatic carbocycles. The highest BCUT2D eigenvalue weighted by Gasteiger charge is 2.27. The van der Waals surface area contributed by atoms with Crippen molar-refractivity contribution in [1.29, 1.82) is 0 Å². The number of carbonyl (C=O) groups is 1. The zero-order valence-corrected chi connectivity index (χ0v) is 18.8. The summed E-state index contributed by atoms with van der Waals surface area (Å²) in [5.74, 6) is 2.34. The Morgan fingerprint density at radius 3 is 2.68 bits per heavy atom. The standard InChI is InChI=1S/C24H28N4O2S/c1-17-26-27-24(28(17)20-13-8-14-21(15-20)30-2)31-16-22(29)25-23(19-11-6-7-12-19)18-9-4-3-5-10-18/h3-5,8-10,13-15,19,23H,6-7,11-12,16H2,1-2H3,(H,25,29). The molecule has 1 amide bonds. The van der Waals surface area contributed by atoms with E-state index in [1.54, 1.807) is 7.11 Å². The first-order valence-corrected chi connectivity index (χ1v) is 11.7. The number of methoxy groups -OCH3 is 1. The predicted octanol–water partition coefficient (Wildman–Crippen LogP) is 4.72. The Kier molecular flexibility index (Phi) is 6.92. The van der Waals surface area contributed by atoms with E-state index in [9.17, 15) is 4.79 Å². The van der Waals surface area contributed by atoms with E-state index in [2.05, 4.69) is 27.6 Å². The van der Waals surface area contributed by atoms with Crippen LogP contribution < -0.4 is 10.1 Å². The average Bonchev–Trinajstić information content (AvgIpc) is 3.46. The van der Waals surface area contributed by atoms with Crippen LogP contribution in [0.25, 0.3) is 5.69 Å². The fourth-order valence-corrected chi connectivity index (χ4v) is 5.06. The maximum atomic E-state index is 12.9. The second-order valence-corrected chi connectivity index (χ2v) is 8.80. The average molecular weight is 437 g/mol. The summed E-state index contributed by atoms with van der Waals surface area (Å²) in [6.45, 7) is 1.90. The molecule has 0 saturated heterocycles. The number of carbonyl (C=O) groups excluding carboxylic acids is 1. The molecule has 1 aliphatic rings. The van der Waals surface area contributed by atoms with Gasteiger partial charge in [0, 0.05) is 6.07 Å². The maximum absolute atomic E-state index is 12.9. The van der Waals surface area contributed by atoms with Gasteiger partial charge >= 0.3 is 0 Å². The molecule has 1 unspecified atom stereocenters. The third-order valence-corrected chi connectivity index (χ3v) is 6.71. The van der Waals surface area contributed by atoms with Crippen LogP contribution in [0.3, 0.4) is 0 Å². The first-order valence-electron chi connectivity index (χ1n) is 10.7. The molecule has 0 radical (unpaired) electrons. The van der Waals surface area contributed by atoms with E-state index in [1.165, 1.54) is 30.2 Å². The van der Waals surface area contributed by atoms with Crippen LogP contribution in [0, 0.1) is 12.8 Å². The maximum Gasteiger partial charge on any atom is 0.230 e. The van der Waals surface area contributed by atoms with Gasteiger partial charge in [-0.3, -0.25) is 9.36 Å². The summed E-state index contributed by atoms with van der Waals surface area (Å²) in [5, 5.41) is 12.5. The normalized spacial score (nSPS) is 15.0. The molecule has 1 saturated carbocycles. The SMILES string of the molecule is COc1cccc(-n2c(C)nnc2SCC(=O)NC(c2ccccc2)C2CCCC2)c1. The van der Waals surface area contributed by atoms with Crippen LogP contribution in [0.4, 0.5) is 0 Å². The fourth-order valence-electron chi connectivity index (χ4n) is 4.25. The molecular formula is C24H28N4O2S. The Hall–Kier alpha value is -2.80. The van der Waals surface area contributed by atoms with E-state index in [4.69, 9.17) is 4.74 Å². The molecule has 162 valence electrons. The number of aryl methyl sites for hydroxylation is 1. The van der Waals surface area contributed by atoms with E-state index < -0.39 is 0 Å². The molecule has 0 spiro atoms. The molecular weight excluding hydrogens is 408 g/mol. The molecule has 1 aromatic heterocycles. The van der Waals surface area contributed by atoms with E-state index in [0.717, 1.165) is 30.1 Å². The molecule has 1 aliphatic carbocycles. The van der Waals surface area contributed by atoms with Gasteiger partial charge in [0.15, 0.2) is 5.16 Å². The van der Waals surface area contributed by atoms with E-state index in [0.29, 0.717) is 11.1 Å². The monoisotopic (exact) mass is 436 g/mol. The highest BCUT2D eigenvalue weighted by atomic mass is 32.2. The number of hydrogen-bond acceptors (Lipinski definition) is 5. The van der Waals surface area contributed by atoms with Crippen molar-refractivity contribution in [3.8, 4) is 11.4 Å². The van der Waals surface area contributed by atoms with Gasteiger partial charge in [-0.1, -0.05) is 61.0 Å². The molecule has 0 aliphatic heterocycles. The molecule has 0 bridgehead atoms. The zero-order chi connectivity index (χ0) is 21.6. The zero-order valence-electron chi connectivity index (χ0n) is 18.0. The third-order valence-electron chi connectivity index (χ3n) is 5.79. The lowest BCUT2D eigenvalue weighted by molar-refractivity contribution is -0.119. The summed E-state index contributed by atoms with van der Waals surface area (Å²) in [6.07, 6.45) is 4.80. The number of hydrogen-bond donors (Lipinski definition) is 1. The van der Waals surface area contributed by atoms with Crippen LogP contribution in [0.15, 0.2) is 59.8 Å². The molecule has 1 heterocycles. The number of thioether (sulfide) groups is 1. The second-order valence-electron chi connectivity index (χ2n) is 7.86. The number of nitrogens with zero attached hydrogens (tertiary/aromatic N) is 3. The minimum atomic E-state index is 0.0172. The quantitative estimate of drug-likeness (QED) is 0.517. The number of aromatic nitrogens is 3. The van der Waals surface area contributed by atoms with Gasteiger partial charge in [0.25, 0.3) is 0 Å². The van der Waals surface area contributed by atoms with Gasteiger partial charge in [0.2, 0.25) is 5.91 Å². The van der Waals surface area contributed by atoms with Gasteiger partial charge in [-0.25, -0.2) is 0 Å². The minimum absolute atomic E-state index is 0.0172. The first kappa shape index (κ1) is 21.4. The molecule has 7 heteroatoms. The summed E-state index contributed by atoms with van der Waals surface area (Å²) in [5.41, 5.74) is 2.10. The van der Waals surface area contributed by atoms with Gasteiger partial charge < -0.3 is 10.1 Å². The largest absolute Gasteiger partial charge is 0.497 e. The summed E-state index contributed by atoms with van der Waals surface area (Å²) in [6, 6.07) is 18.1. The number of benzene rings is 2. The molecule has 31 heavy (non-hydrogen) atoms. The lowest BCUT2D eigenvalue weighted by Gasteiger charge is -2.25. The van der Waals surface area contributed by atoms with E-state index in [-0.39, 0.29) is 17.7 Å². The number of nitrogens with one attached hydrogen (secondary N) is 1. The smallest absolute Gasteiger partial charge is 0.230 e. The van der Waals surface area contributed by atoms with Crippen LogP contribution in [-0.2, 0) is 4.79 Å². The lowest BCUT2D eigenvalue weighted by Crippen LogP contribution is -2.34. The Balaban J connectivity index is 1.46. The molecule has 1 atom stereocenters. The Labute approximate surface area is 187 Å². The second kappa shape index (κ2) is 10.0. The lowest BCUT2D eigenvalue weighted by atomic mass is 9.91. The summed E-state index contributed by atoms with van der Waals surface area (Å²) >= 11 is 1.40. The molecule has 1 fully saturated rings. The minimum Gasteiger partial charge on any atom is -0.497 e. The van der Waals surface area contributed by atoms with Crippen LogP contribution in [-0.4, -0.2) is 33.5 Å². The molecule has 3 aromatic rings.